The summed E-state index contributed by atoms with van der Waals surface area (Å²) in [6.07, 6.45) is -0.0483. The van der Waals surface area contributed by atoms with E-state index in [0.717, 1.165) is 17.0 Å². The minimum Gasteiger partial charge on any atom is -0.489 e. The van der Waals surface area contributed by atoms with Crippen molar-refractivity contribution in [2.45, 2.75) is 20.0 Å². The van der Waals surface area contributed by atoms with E-state index in [0.29, 0.717) is 12.5 Å². The summed E-state index contributed by atoms with van der Waals surface area (Å²) in [5.41, 5.74) is 1.86. The molecule has 0 bridgehead atoms. The third-order valence-electron chi connectivity index (χ3n) is 3.68. The molecule has 138 valence electrons. The largest absolute Gasteiger partial charge is 0.489 e. The number of hydrogen-bond acceptors (Lipinski definition) is 3. The molecule has 26 heavy (non-hydrogen) atoms. The summed E-state index contributed by atoms with van der Waals surface area (Å²) in [5.74, 6) is 1.28. The van der Waals surface area contributed by atoms with Crippen LogP contribution in [0.5, 0.6) is 5.75 Å². The van der Waals surface area contributed by atoms with Gasteiger partial charge in [0, 0.05) is 12.7 Å². The Bertz CT molecular complexity index is 732. The zero-order valence-electron chi connectivity index (χ0n) is 15.5. The van der Waals surface area contributed by atoms with Gasteiger partial charge in [-0.25, -0.2) is 0 Å². The molecule has 0 radical (unpaired) electrons. The van der Waals surface area contributed by atoms with Crippen LogP contribution in [0.3, 0.4) is 0 Å². The Morgan fingerprint density at radius 1 is 1.08 bits per heavy atom. The standard InChI is InChI=1S/C20H26N4O2/c1-15-9-7-8-12-18(15)26-16(2)13-22-20(21-3)23-14-19(25)24-17-10-5-4-6-11-17/h4-12,16H,13-14H2,1-3H3,(H,24,25)(H2,21,22,23). The Morgan fingerprint density at radius 3 is 2.46 bits per heavy atom. The second kappa shape index (κ2) is 10.1. The molecule has 0 aliphatic rings. The predicted molar refractivity (Wildman–Crippen MR) is 106 cm³/mol. The van der Waals surface area contributed by atoms with Gasteiger partial charge in [-0.1, -0.05) is 36.4 Å². The summed E-state index contributed by atoms with van der Waals surface area (Å²) < 4.78 is 5.92. The molecule has 2 aromatic carbocycles. The van der Waals surface area contributed by atoms with Gasteiger partial charge < -0.3 is 20.7 Å². The van der Waals surface area contributed by atoms with Crippen molar-refractivity contribution in [3.05, 3.63) is 60.2 Å². The molecule has 6 heteroatoms. The summed E-state index contributed by atoms with van der Waals surface area (Å²) in [7, 11) is 1.66. The first-order valence-electron chi connectivity index (χ1n) is 8.60. The molecule has 6 nitrogen and oxygen atoms in total. The third-order valence-corrected chi connectivity index (χ3v) is 3.68. The van der Waals surface area contributed by atoms with E-state index in [4.69, 9.17) is 4.74 Å². The maximum absolute atomic E-state index is 12.0. The van der Waals surface area contributed by atoms with Gasteiger partial charge in [0.1, 0.15) is 11.9 Å². The molecule has 1 unspecified atom stereocenters. The average Bonchev–Trinajstić information content (AvgIpc) is 2.64. The highest BCUT2D eigenvalue weighted by Crippen LogP contribution is 2.17. The van der Waals surface area contributed by atoms with E-state index in [9.17, 15) is 4.79 Å². The second-order valence-electron chi connectivity index (χ2n) is 5.91. The summed E-state index contributed by atoms with van der Waals surface area (Å²) in [5, 5.41) is 8.97. The average molecular weight is 354 g/mol. The number of amides is 1. The van der Waals surface area contributed by atoms with Crippen LogP contribution in [0.25, 0.3) is 0 Å². The maximum Gasteiger partial charge on any atom is 0.243 e. The van der Waals surface area contributed by atoms with E-state index in [1.165, 1.54) is 0 Å². The molecule has 0 aliphatic carbocycles. The Labute approximate surface area is 154 Å². The summed E-state index contributed by atoms with van der Waals surface area (Å²) in [6.45, 7) is 4.69. The Hall–Kier alpha value is -3.02. The van der Waals surface area contributed by atoms with Gasteiger partial charge in [0.15, 0.2) is 5.96 Å². The van der Waals surface area contributed by atoms with Gasteiger partial charge in [-0.2, -0.15) is 0 Å². The SMILES string of the molecule is CN=C(NCC(=O)Nc1ccccc1)NCC(C)Oc1ccccc1C. The number of carbonyl (C=O) groups is 1. The van der Waals surface area contributed by atoms with E-state index in [-0.39, 0.29) is 18.6 Å². The molecule has 3 N–H and O–H groups in total. The summed E-state index contributed by atoms with van der Waals surface area (Å²) >= 11 is 0. The number of nitrogens with zero attached hydrogens (tertiary/aromatic N) is 1. The van der Waals surface area contributed by atoms with Crippen LogP contribution in [0.1, 0.15) is 12.5 Å². The van der Waals surface area contributed by atoms with Gasteiger partial charge in [0.25, 0.3) is 0 Å². The number of aryl methyl sites for hydroxylation is 1. The molecule has 2 aromatic rings. The molecule has 0 aliphatic heterocycles. The van der Waals surface area contributed by atoms with Crippen molar-refractivity contribution in [2.24, 2.45) is 4.99 Å². The van der Waals surface area contributed by atoms with Gasteiger partial charge in [0.05, 0.1) is 13.1 Å². The highest BCUT2D eigenvalue weighted by molar-refractivity contribution is 5.94. The first kappa shape index (κ1) is 19.3. The van der Waals surface area contributed by atoms with Gasteiger partial charge in [-0.05, 0) is 37.6 Å². The highest BCUT2D eigenvalue weighted by atomic mass is 16.5. The van der Waals surface area contributed by atoms with Gasteiger partial charge in [0.2, 0.25) is 5.91 Å². The first-order valence-corrected chi connectivity index (χ1v) is 8.60. The molecule has 0 heterocycles. The molecule has 2 rings (SSSR count). The van der Waals surface area contributed by atoms with Gasteiger partial charge in [-0.3, -0.25) is 9.79 Å². The number of ether oxygens (including phenoxy) is 1. The molecular weight excluding hydrogens is 328 g/mol. The maximum atomic E-state index is 12.0. The third kappa shape index (κ3) is 6.47. The van der Waals surface area contributed by atoms with Crippen LogP contribution in [0.15, 0.2) is 59.6 Å². The van der Waals surface area contributed by atoms with Crippen molar-refractivity contribution < 1.29 is 9.53 Å². The van der Waals surface area contributed by atoms with Crippen LogP contribution >= 0.6 is 0 Å². The molecule has 1 amide bonds. The number of aliphatic imine (C=N–C) groups is 1. The van der Waals surface area contributed by atoms with Crippen molar-refractivity contribution >= 4 is 17.6 Å². The Kier molecular flexibility index (Phi) is 7.49. The number of guanidine groups is 1. The van der Waals surface area contributed by atoms with Crippen molar-refractivity contribution in [1.82, 2.24) is 10.6 Å². The molecule has 0 aromatic heterocycles. The van der Waals surface area contributed by atoms with E-state index in [2.05, 4.69) is 20.9 Å². The van der Waals surface area contributed by atoms with Crippen LogP contribution in [0.2, 0.25) is 0 Å². The van der Waals surface area contributed by atoms with Crippen LogP contribution < -0.4 is 20.7 Å². The lowest BCUT2D eigenvalue weighted by molar-refractivity contribution is -0.115. The molecule has 0 fully saturated rings. The summed E-state index contributed by atoms with van der Waals surface area (Å²) in [4.78, 5) is 16.1. The van der Waals surface area contributed by atoms with Crippen LogP contribution in [0.4, 0.5) is 5.69 Å². The van der Waals surface area contributed by atoms with Crippen molar-refractivity contribution in [3.8, 4) is 5.75 Å². The fourth-order valence-corrected chi connectivity index (χ4v) is 2.30. The number of para-hydroxylation sites is 2. The molecule has 0 saturated carbocycles. The van der Waals surface area contributed by atoms with Crippen LogP contribution in [-0.4, -0.2) is 38.1 Å². The van der Waals surface area contributed by atoms with E-state index >= 15 is 0 Å². The van der Waals surface area contributed by atoms with Crippen molar-refractivity contribution in [1.29, 1.82) is 0 Å². The number of benzene rings is 2. The lowest BCUT2D eigenvalue weighted by atomic mass is 10.2. The Morgan fingerprint density at radius 2 is 1.77 bits per heavy atom. The smallest absolute Gasteiger partial charge is 0.243 e. The number of nitrogens with one attached hydrogen (secondary N) is 3. The van der Waals surface area contributed by atoms with Crippen LogP contribution in [0, 0.1) is 6.92 Å². The second-order valence-corrected chi connectivity index (χ2v) is 5.91. The van der Waals surface area contributed by atoms with Gasteiger partial charge >= 0.3 is 0 Å². The van der Waals surface area contributed by atoms with Crippen molar-refractivity contribution in [3.63, 3.8) is 0 Å². The summed E-state index contributed by atoms with van der Waals surface area (Å²) in [6, 6.07) is 17.2. The quantitative estimate of drug-likeness (QED) is 0.528. The molecule has 1 atom stereocenters. The highest BCUT2D eigenvalue weighted by Gasteiger charge is 2.08. The minimum absolute atomic E-state index is 0.0483. The zero-order valence-corrected chi connectivity index (χ0v) is 15.5. The van der Waals surface area contributed by atoms with E-state index in [1.807, 2.05) is 68.4 Å². The molecule has 0 saturated heterocycles. The zero-order chi connectivity index (χ0) is 18.8. The number of rotatable bonds is 7. The normalized spacial score (nSPS) is 12.2. The Balaban J connectivity index is 1.73. The lowest BCUT2D eigenvalue weighted by Gasteiger charge is -2.18. The number of carbonyl (C=O) groups excluding carboxylic acids is 1. The fourth-order valence-electron chi connectivity index (χ4n) is 2.30. The van der Waals surface area contributed by atoms with Crippen LogP contribution in [-0.2, 0) is 4.79 Å². The number of anilines is 1. The molecular formula is C20H26N4O2. The minimum atomic E-state index is -0.136. The van der Waals surface area contributed by atoms with E-state index in [1.54, 1.807) is 7.05 Å². The first-order chi connectivity index (χ1) is 12.6. The van der Waals surface area contributed by atoms with Gasteiger partial charge in [-0.15, -0.1) is 0 Å². The number of hydrogen-bond donors (Lipinski definition) is 3. The fraction of sp³-hybridized carbons (Fsp3) is 0.300. The lowest BCUT2D eigenvalue weighted by Crippen LogP contribution is -2.44. The topological polar surface area (TPSA) is 74.8 Å². The monoisotopic (exact) mass is 354 g/mol. The predicted octanol–water partition coefficient (Wildman–Crippen LogP) is 2.57. The molecule has 0 spiro atoms. The van der Waals surface area contributed by atoms with E-state index < -0.39 is 0 Å². The van der Waals surface area contributed by atoms with Crippen molar-refractivity contribution in [2.75, 3.05) is 25.5 Å².